The van der Waals surface area contributed by atoms with Crippen LogP contribution in [0.15, 0.2) is 46.2 Å². The number of aromatic nitrogens is 1. The molecule has 1 amide bonds. The average molecular weight is 475 g/mol. The smallest absolute Gasteiger partial charge is 0.257 e. The minimum Gasteiger partial charge on any atom is -0.378 e. The van der Waals surface area contributed by atoms with Crippen LogP contribution in [0.25, 0.3) is 0 Å². The second-order valence-corrected chi connectivity index (χ2v) is 10.2. The predicted molar refractivity (Wildman–Crippen MR) is 126 cm³/mol. The molecule has 2 aliphatic rings. The molecule has 0 bridgehead atoms. The molecule has 0 spiro atoms. The summed E-state index contributed by atoms with van der Waals surface area (Å²) >= 11 is 0. The summed E-state index contributed by atoms with van der Waals surface area (Å²) in [4.78, 5) is 27.4. The summed E-state index contributed by atoms with van der Waals surface area (Å²) in [5.74, 6) is -0.423. The number of aryl methyl sites for hydroxylation is 1. The van der Waals surface area contributed by atoms with E-state index in [4.69, 9.17) is 4.74 Å². The molecule has 0 aliphatic carbocycles. The zero-order chi connectivity index (χ0) is 23.4. The first-order valence-corrected chi connectivity index (χ1v) is 12.8. The Morgan fingerprint density at radius 2 is 1.76 bits per heavy atom. The largest absolute Gasteiger partial charge is 0.378 e. The molecule has 0 radical (unpaired) electrons. The second kappa shape index (κ2) is 10.1. The van der Waals surface area contributed by atoms with E-state index < -0.39 is 15.9 Å². The molecule has 178 valence electrons. The van der Waals surface area contributed by atoms with Crippen molar-refractivity contribution < 1.29 is 17.9 Å². The Balaban J connectivity index is 1.70. The van der Waals surface area contributed by atoms with Crippen LogP contribution in [-0.4, -0.2) is 62.6 Å². The molecule has 0 atom stereocenters. The number of sulfonamides is 1. The molecular formula is C23H30N4O5S. The van der Waals surface area contributed by atoms with Gasteiger partial charge < -0.3 is 19.5 Å². The Morgan fingerprint density at radius 1 is 1.03 bits per heavy atom. The van der Waals surface area contributed by atoms with Gasteiger partial charge in [-0.2, -0.15) is 4.31 Å². The number of rotatable bonds is 6. The topological polar surface area (TPSA) is 101 Å². The lowest BCUT2D eigenvalue weighted by atomic mass is 10.1. The van der Waals surface area contributed by atoms with E-state index in [2.05, 4.69) is 5.32 Å². The SMILES string of the molecule is CCn1cc(NC(=O)c2cc(S(=O)(=O)N3CCCCC3)ccc2N2CCOCC2)ccc1=O. The normalized spacial score (nSPS) is 17.7. The number of pyridine rings is 1. The number of ether oxygens (including phenoxy) is 1. The van der Waals surface area contributed by atoms with Crippen LogP contribution >= 0.6 is 0 Å². The van der Waals surface area contributed by atoms with Crippen molar-refractivity contribution >= 4 is 27.3 Å². The Bertz CT molecular complexity index is 1170. The number of nitrogens with one attached hydrogen (secondary N) is 1. The summed E-state index contributed by atoms with van der Waals surface area (Å²) in [5.41, 5.74) is 1.26. The third kappa shape index (κ3) is 5.13. The van der Waals surface area contributed by atoms with Gasteiger partial charge in [-0.15, -0.1) is 0 Å². The van der Waals surface area contributed by atoms with Gasteiger partial charge in [-0.25, -0.2) is 8.42 Å². The fourth-order valence-electron chi connectivity index (χ4n) is 4.24. The minimum atomic E-state index is -3.69. The molecule has 2 aliphatic heterocycles. The highest BCUT2D eigenvalue weighted by atomic mass is 32.2. The third-order valence-corrected chi connectivity index (χ3v) is 7.99. The minimum absolute atomic E-state index is 0.116. The van der Waals surface area contributed by atoms with Crippen LogP contribution in [0.5, 0.6) is 0 Å². The van der Waals surface area contributed by atoms with Gasteiger partial charge in [-0.05, 0) is 44.0 Å². The Labute approximate surface area is 194 Å². The van der Waals surface area contributed by atoms with Crippen molar-refractivity contribution in [2.45, 2.75) is 37.6 Å². The fraction of sp³-hybridized carbons (Fsp3) is 0.478. The highest BCUT2D eigenvalue weighted by Gasteiger charge is 2.28. The van der Waals surface area contributed by atoms with Crippen LogP contribution < -0.4 is 15.8 Å². The molecule has 0 unspecified atom stereocenters. The van der Waals surface area contributed by atoms with Crippen molar-refractivity contribution in [2.24, 2.45) is 0 Å². The summed E-state index contributed by atoms with van der Waals surface area (Å²) in [5, 5.41) is 2.83. The summed E-state index contributed by atoms with van der Waals surface area (Å²) in [6.45, 7) is 5.61. The number of anilines is 2. The van der Waals surface area contributed by atoms with Gasteiger partial charge in [0.25, 0.3) is 11.5 Å². The standard InChI is InChI=1S/C23H30N4O5S/c1-2-25-17-18(6-9-22(25)28)24-23(29)20-16-19(33(30,31)27-10-4-3-5-11-27)7-8-21(20)26-12-14-32-15-13-26/h6-9,16-17H,2-5,10-15H2,1H3,(H,24,29). The second-order valence-electron chi connectivity index (χ2n) is 8.24. The Kier molecular flexibility index (Phi) is 7.16. The van der Waals surface area contributed by atoms with Crippen molar-refractivity contribution in [1.82, 2.24) is 8.87 Å². The van der Waals surface area contributed by atoms with Crippen molar-refractivity contribution in [1.29, 1.82) is 0 Å². The van der Waals surface area contributed by atoms with Gasteiger partial charge in [0.2, 0.25) is 10.0 Å². The van der Waals surface area contributed by atoms with Crippen LogP contribution in [-0.2, 0) is 21.3 Å². The zero-order valence-corrected chi connectivity index (χ0v) is 19.6. The summed E-state index contributed by atoms with van der Waals surface area (Å²) in [6, 6.07) is 7.72. The molecule has 2 fully saturated rings. The predicted octanol–water partition coefficient (Wildman–Crippen LogP) is 2.13. The van der Waals surface area contributed by atoms with Crippen LogP contribution in [0.4, 0.5) is 11.4 Å². The maximum Gasteiger partial charge on any atom is 0.257 e. The lowest BCUT2D eigenvalue weighted by molar-refractivity contribution is 0.102. The number of amides is 1. The quantitative estimate of drug-likeness (QED) is 0.688. The number of morpholine rings is 1. The number of piperidine rings is 1. The van der Waals surface area contributed by atoms with E-state index in [1.54, 1.807) is 24.4 Å². The molecular weight excluding hydrogens is 444 g/mol. The number of hydrogen-bond donors (Lipinski definition) is 1. The number of hydrogen-bond acceptors (Lipinski definition) is 6. The molecule has 10 heteroatoms. The van der Waals surface area contributed by atoms with Gasteiger partial charge in [0, 0.05) is 50.7 Å². The van der Waals surface area contributed by atoms with Crippen molar-refractivity contribution in [2.75, 3.05) is 49.6 Å². The molecule has 0 saturated carbocycles. The maximum atomic E-state index is 13.4. The van der Waals surface area contributed by atoms with Gasteiger partial charge in [-0.1, -0.05) is 6.42 Å². The summed E-state index contributed by atoms with van der Waals surface area (Å²) < 4.78 is 34.9. The van der Waals surface area contributed by atoms with E-state index in [0.29, 0.717) is 57.3 Å². The molecule has 1 aromatic heterocycles. The molecule has 4 rings (SSSR count). The lowest BCUT2D eigenvalue weighted by Gasteiger charge is -2.31. The van der Waals surface area contributed by atoms with E-state index in [9.17, 15) is 18.0 Å². The first-order chi connectivity index (χ1) is 15.9. The first kappa shape index (κ1) is 23.5. The lowest BCUT2D eigenvalue weighted by Crippen LogP contribution is -2.38. The van der Waals surface area contributed by atoms with Crippen molar-refractivity contribution in [3.05, 3.63) is 52.4 Å². The molecule has 2 saturated heterocycles. The average Bonchev–Trinajstić information content (AvgIpc) is 2.85. The van der Waals surface area contributed by atoms with E-state index in [1.807, 2.05) is 11.8 Å². The highest BCUT2D eigenvalue weighted by Crippen LogP contribution is 2.28. The third-order valence-electron chi connectivity index (χ3n) is 6.10. The van der Waals surface area contributed by atoms with Gasteiger partial charge >= 0.3 is 0 Å². The van der Waals surface area contributed by atoms with E-state index in [0.717, 1.165) is 19.3 Å². The Hall–Kier alpha value is -2.69. The Morgan fingerprint density at radius 3 is 2.45 bits per heavy atom. The van der Waals surface area contributed by atoms with Crippen LogP contribution in [0.3, 0.4) is 0 Å². The molecule has 3 heterocycles. The number of benzene rings is 1. The molecule has 33 heavy (non-hydrogen) atoms. The monoisotopic (exact) mass is 474 g/mol. The summed E-state index contributed by atoms with van der Waals surface area (Å²) in [7, 11) is -3.69. The fourth-order valence-corrected chi connectivity index (χ4v) is 5.79. The van der Waals surface area contributed by atoms with E-state index in [-0.39, 0.29) is 16.0 Å². The van der Waals surface area contributed by atoms with Gasteiger partial charge in [-0.3, -0.25) is 9.59 Å². The van der Waals surface area contributed by atoms with Gasteiger partial charge in [0.05, 0.1) is 29.4 Å². The molecule has 1 aromatic carbocycles. The number of nitrogens with zero attached hydrogens (tertiary/aromatic N) is 3. The molecule has 9 nitrogen and oxygen atoms in total. The van der Waals surface area contributed by atoms with Crippen LogP contribution in [0.1, 0.15) is 36.5 Å². The van der Waals surface area contributed by atoms with Crippen molar-refractivity contribution in [3.63, 3.8) is 0 Å². The summed E-state index contributed by atoms with van der Waals surface area (Å²) in [6.07, 6.45) is 4.29. The zero-order valence-electron chi connectivity index (χ0n) is 18.8. The number of carbonyl (C=O) groups is 1. The van der Waals surface area contributed by atoms with Gasteiger partial charge in [0.15, 0.2) is 0 Å². The van der Waals surface area contributed by atoms with Gasteiger partial charge in [0.1, 0.15) is 0 Å². The molecule has 1 N–H and O–H groups in total. The number of carbonyl (C=O) groups excluding carboxylic acids is 1. The van der Waals surface area contributed by atoms with Crippen LogP contribution in [0, 0.1) is 0 Å². The van der Waals surface area contributed by atoms with E-state index >= 15 is 0 Å². The van der Waals surface area contributed by atoms with Crippen LogP contribution in [0.2, 0.25) is 0 Å². The van der Waals surface area contributed by atoms with Crippen molar-refractivity contribution in [3.8, 4) is 0 Å². The highest BCUT2D eigenvalue weighted by molar-refractivity contribution is 7.89. The maximum absolute atomic E-state index is 13.4. The van der Waals surface area contributed by atoms with E-state index in [1.165, 1.54) is 21.0 Å². The molecule has 2 aromatic rings. The first-order valence-electron chi connectivity index (χ1n) is 11.4.